The third-order valence-electron chi connectivity index (χ3n) is 4.78. The Kier molecular flexibility index (Phi) is 6.03. The Balaban J connectivity index is 1.94. The van der Waals surface area contributed by atoms with Gasteiger partial charge in [0.1, 0.15) is 0 Å². The average Bonchev–Trinajstić information content (AvgIpc) is 2.87. The highest BCUT2D eigenvalue weighted by Crippen LogP contribution is 2.34. The predicted molar refractivity (Wildman–Crippen MR) is 80.8 cm³/mol. The van der Waals surface area contributed by atoms with Crippen molar-refractivity contribution in [3.05, 3.63) is 0 Å². The third-order valence-corrected chi connectivity index (χ3v) is 4.78. The fourth-order valence-electron chi connectivity index (χ4n) is 3.65. The van der Waals surface area contributed by atoms with Crippen LogP contribution in [0.15, 0.2) is 0 Å². The molecule has 21 heavy (non-hydrogen) atoms. The summed E-state index contributed by atoms with van der Waals surface area (Å²) >= 11 is 0. The summed E-state index contributed by atoms with van der Waals surface area (Å²) in [5, 5.41) is 0. The number of carbonyl (C=O) groups is 2. The van der Waals surface area contributed by atoms with E-state index in [9.17, 15) is 9.59 Å². The first-order chi connectivity index (χ1) is 10.2. The van der Waals surface area contributed by atoms with E-state index < -0.39 is 0 Å². The van der Waals surface area contributed by atoms with Gasteiger partial charge in [-0.3, -0.25) is 9.59 Å². The van der Waals surface area contributed by atoms with Crippen molar-refractivity contribution in [2.24, 2.45) is 11.8 Å². The van der Waals surface area contributed by atoms with Gasteiger partial charge in [0.15, 0.2) is 0 Å². The van der Waals surface area contributed by atoms with Gasteiger partial charge in [-0.05, 0) is 38.8 Å². The number of methoxy groups -OCH3 is 1. The minimum atomic E-state index is -0.225. The van der Waals surface area contributed by atoms with Crippen molar-refractivity contribution in [2.45, 2.75) is 39.0 Å². The lowest BCUT2D eigenvalue weighted by molar-refractivity contribution is -0.151. The molecule has 2 rings (SSSR count). The summed E-state index contributed by atoms with van der Waals surface area (Å²) in [6, 6.07) is 0. The molecule has 0 radical (unpaired) electrons. The number of esters is 1. The summed E-state index contributed by atoms with van der Waals surface area (Å²) in [6.07, 6.45) is 4.75. The van der Waals surface area contributed by atoms with Crippen LogP contribution in [0, 0.1) is 11.8 Å². The standard InChI is InChI=1S/C16H28N2O3/c1-3-8-17-9-5-10-18(12-11-17)15(19)13-6-4-7-14(13)16(20)21-2/h13-14H,3-12H2,1-2H3/t13-,14-/m0/s1. The van der Waals surface area contributed by atoms with Crippen molar-refractivity contribution in [3.63, 3.8) is 0 Å². The van der Waals surface area contributed by atoms with E-state index in [2.05, 4.69) is 11.8 Å². The molecule has 0 N–H and O–H groups in total. The van der Waals surface area contributed by atoms with Crippen molar-refractivity contribution in [2.75, 3.05) is 39.8 Å². The SMILES string of the molecule is CCCN1CCCN(C(=O)[C@H]2CCC[C@@H]2C(=O)OC)CC1. The molecule has 0 spiro atoms. The van der Waals surface area contributed by atoms with Crippen molar-refractivity contribution in [3.8, 4) is 0 Å². The molecule has 1 heterocycles. The molecule has 120 valence electrons. The molecular formula is C16H28N2O3. The summed E-state index contributed by atoms with van der Waals surface area (Å²) in [6.45, 7) is 6.94. The van der Waals surface area contributed by atoms with Gasteiger partial charge in [-0.15, -0.1) is 0 Å². The first-order valence-corrected chi connectivity index (χ1v) is 8.26. The van der Waals surface area contributed by atoms with E-state index in [4.69, 9.17) is 4.74 Å². The van der Waals surface area contributed by atoms with Gasteiger partial charge in [0.2, 0.25) is 5.91 Å². The number of carbonyl (C=O) groups excluding carboxylic acids is 2. The molecule has 5 nitrogen and oxygen atoms in total. The van der Waals surface area contributed by atoms with Crippen molar-refractivity contribution in [1.29, 1.82) is 0 Å². The zero-order chi connectivity index (χ0) is 15.2. The smallest absolute Gasteiger partial charge is 0.309 e. The minimum absolute atomic E-state index is 0.157. The number of amides is 1. The van der Waals surface area contributed by atoms with Crippen LogP contribution in [0.3, 0.4) is 0 Å². The molecule has 1 aliphatic heterocycles. The summed E-state index contributed by atoms with van der Waals surface area (Å²) < 4.78 is 4.86. The number of hydrogen-bond donors (Lipinski definition) is 0. The molecule has 2 atom stereocenters. The van der Waals surface area contributed by atoms with Crippen LogP contribution in [0.5, 0.6) is 0 Å². The monoisotopic (exact) mass is 296 g/mol. The van der Waals surface area contributed by atoms with E-state index in [1.54, 1.807) is 0 Å². The zero-order valence-electron chi connectivity index (χ0n) is 13.3. The Morgan fingerprint density at radius 3 is 2.52 bits per heavy atom. The van der Waals surface area contributed by atoms with Crippen LogP contribution in [0.25, 0.3) is 0 Å². The van der Waals surface area contributed by atoms with Gasteiger partial charge in [-0.2, -0.15) is 0 Å². The van der Waals surface area contributed by atoms with Gasteiger partial charge in [-0.25, -0.2) is 0 Å². The molecule has 1 saturated carbocycles. The van der Waals surface area contributed by atoms with Crippen molar-refractivity contribution < 1.29 is 14.3 Å². The molecule has 0 aromatic carbocycles. The van der Waals surface area contributed by atoms with Gasteiger partial charge in [-0.1, -0.05) is 13.3 Å². The van der Waals surface area contributed by atoms with E-state index in [0.717, 1.165) is 64.8 Å². The lowest BCUT2D eigenvalue weighted by Gasteiger charge is -2.26. The third kappa shape index (κ3) is 3.96. The van der Waals surface area contributed by atoms with E-state index in [1.165, 1.54) is 7.11 Å². The van der Waals surface area contributed by atoms with E-state index >= 15 is 0 Å². The molecule has 5 heteroatoms. The molecule has 1 aliphatic carbocycles. The molecule has 0 unspecified atom stereocenters. The fraction of sp³-hybridized carbons (Fsp3) is 0.875. The highest BCUT2D eigenvalue weighted by Gasteiger charge is 2.40. The Labute approximate surface area is 127 Å². The second-order valence-electron chi connectivity index (χ2n) is 6.19. The van der Waals surface area contributed by atoms with Crippen LogP contribution in [0.2, 0.25) is 0 Å². The van der Waals surface area contributed by atoms with Crippen LogP contribution >= 0.6 is 0 Å². The van der Waals surface area contributed by atoms with Crippen LogP contribution in [0.1, 0.15) is 39.0 Å². The molecular weight excluding hydrogens is 268 g/mol. The lowest BCUT2D eigenvalue weighted by Crippen LogP contribution is -2.41. The van der Waals surface area contributed by atoms with Crippen LogP contribution in [-0.2, 0) is 14.3 Å². The Morgan fingerprint density at radius 2 is 1.81 bits per heavy atom. The normalized spacial score (nSPS) is 27.4. The highest BCUT2D eigenvalue weighted by atomic mass is 16.5. The van der Waals surface area contributed by atoms with Crippen LogP contribution < -0.4 is 0 Å². The first kappa shape index (κ1) is 16.3. The Morgan fingerprint density at radius 1 is 1.05 bits per heavy atom. The first-order valence-electron chi connectivity index (χ1n) is 8.26. The lowest BCUT2D eigenvalue weighted by atomic mass is 9.94. The van der Waals surface area contributed by atoms with Gasteiger partial charge in [0.25, 0.3) is 0 Å². The number of hydrogen-bond acceptors (Lipinski definition) is 4. The fourth-order valence-corrected chi connectivity index (χ4v) is 3.65. The van der Waals surface area contributed by atoms with Crippen molar-refractivity contribution >= 4 is 11.9 Å². The maximum absolute atomic E-state index is 12.7. The molecule has 2 aliphatic rings. The quantitative estimate of drug-likeness (QED) is 0.738. The van der Waals surface area contributed by atoms with Crippen LogP contribution in [-0.4, -0.2) is 61.5 Å². The van der Waals surface area contributed by atoms with Gasteiger partial charge in [0.05, 0.1) is 18.9 Å². The summed E-state index contributed by atoms with van der Waals surface area (Å²) in [4.78, 5) is 29.0. The zero-order valence-corrected chi connectivity index (χ0v) is 13.3. The minimum Gasteiger partial charge on any atom is -0.469 e. The average molecular weight is 296 g/mol. The molecule has 1 saturated heterocycles. The topological polar surface area (TPSA) is 49.9 Å². The van der Waals surface area contributed by atoms with Gasteiger partial charge >= 0.3 is 5.97 Å². The predicted octanol–water partition coefficient (Wildman–Crippen LogP) is 1.52. The van der Waals surface area contributed by atoms with Crippen molar-refractivity contribution in [1.82, 2.24) is 9.80 Å². The van der Waals surface area contributed by atoms with E-state index in [0.29, 0.717) is 0 Å². The largest absolute Gasteiger partial charge is 0.469 e. The molecule has 0 aromatic rings. The van der Waals surface area contributed by atoms with E-state index in [1.807, 2.05) is 4.90 Å². The number of ether oxygens (including phenoxy) is 1. The second kappa shape index (κ2) is 7.78. The molecule has 1 amide bonds. The summed E-state index contributed by atoms with van der Waals surface area (Å²) in [5.41, 5.74) is 0. The summed E-state index contributed by atoms with van der Waals surface area (Å²) in [5.74, 6) is -0.429. The Hall–Kier alpha value is -1.10. The number of rotatable bonds is 4. The number of nitrogens with zero attached hydrogens (tertiary/aromatic N) is 2. The molecule has 0 bridgehead atoms. The Bertz CT molecular complexity index is 373. The van der Waals surface area contributed by atoms with Crippen LogP contribution in [0.4, 0.5) is 0 Å². The molecule has 2 fully saturated rings. The van der Waals surface area contributed by atoms with Gasteiger partial charge in [0, 0.05) is 19.6 Å². The maximum Gasteiger partial charge on any atom is 0.309 e. The maximum atomic E-state index is 12.7. The summed E-state index contributed by atoms with van der Waals surface area (Å²) in [7, 11) is 1.41. The van der Waals surface area contributed by atoms with E-state index in [-0.39, 0.29) is 23.7 Å². The van der Waals surface area contributed by atoms with Gasteiger partial charge < -0.3 is 14.5 Å². The second-order valence-corrected chi connectivity index (χ2v) is 6.19. The molecule has 0 aromatic heterocycles. The highest BCUT2D eigenvalue weighted by molar-refractivity contribution is 5.86.